The highest BCUT2D eigenvalue weighted by atomic mass is 16.1. The number of nitrogens with two attached hydrogens (primary N) is 1. The van der Waals surface area contributed by atoms with Gasteiger partial charge in [-0.3, -0.25) is 4.79 Å². The number of hydrogen-bond donors (Lipinski definition) is 1. The second kappa shape index (κ2) is 5.92. The lowest BCUT2D eigenvalue weighted by atomic mass is 10.1. The molecule has 0 saturated carbocycles. The van der Waals surface area contributed by atoms with Gasteiger partial charge in [0.05, 0.1) is 11.4 Å². The topological polar surface area (TPSA) is 72.1 Å². The summed E-state index contributed by atoms with van der Waals surface area (Å²) in [5.41, 5.74) is 7.36. The quantitative estimate of drug-likeness (QED) is 0.806. The summed E-state index contributed by atoms with van der Waals surface area (Å²) in [7, 11) is 0. The number of anilines is 1. The number of rotatable bonds is 3. The van der Waals surface area contributed by atoms with Crippen molar-refractivity contribution in [1.29, 1.82) is 0 Å². The fourth-order valence-corrected chi connectivity index (χ4v) is 3.20. The van der Waals surface area contributed by atoms with Crippen molar-refractivity contribution >= 4 is 22.6 Å². The second-order valence-corrected chi connectivity index (χ2v) is 6.09. The Bertz CT molecular complexity index is 894. The summed E-state index contributed by atoms with van der Waals surface area (Å²) >= 11 is 0. The Morgan fingerprint density at radius 1 is 1.04 bits per heavy atom. The molecule has 2 aromatic carbocycles. The Labute approximate surface area is 140 Å². The first kappa shape index (κ1) is 14.6. The van der Waals surface area contributed by atoms with Crippen molar-refractivity contribution in [2.24, 2.45) is 11.7 Å². The summed E-state index contributed by atoms with van der Waals surface area (Å²) in [6.07, 6.45) is 0.772. The first-order valence-electron chi connectivity index (χ1n) is 8.09. The number of para-hydroxylation sites is 1. The van der Waals surface area contributed by atoms with Crippen LogP contribution in [0.3, 0.4) is 0 Å². The van der Waals surface area contributed by atoms with Crippen molar-refractivity contribution in [2.45, 2.75) is 6.42 Å². The van der Waals surface area contributed by atoms with Crippen LogP contribution < -0.4 is 10.6 Å². The highest BCUT2D eigenvalue weighted by Crippen LogP contribution is 2.30. The van der Waals surface area contributed by atoms with Crippen LogP contribution in [0.4, 0.5) is 5.82 Å². The van der Waals surface area contributed by atoms with Crippen LogP contribution in [0.15, 0.2) is 54.6 Å². The molecule has 0 spiro atoms. The van der Waals surface area contributed by atoms with Crippen LogP contribution in [0.25, 0.3) is 22.3 Å². The third-order valence-electron chi connectivity index (χ3n) is 4.51. The monoisotopic (exact) mass is 318 g/mol. The number of hydrogen-bond acceptors (Lipinski definition) is 4. The van der Waals surface area contributed by atoms with Gasteiger partial charge in [0.2, 0.25) is 5.91 Å². The van der Waals surface area contributed by atoms with Crippen molar-refractivity contribution in [3.05, 3.63) is 54.6 Å². The largest absolute Gasteiger partial charge is 0.369 e. The van der Waals surface area contributed by atoms with Gasteiger partial charge in [0, 0.05) is 24.0 Å². The standard InChI is InChI=1S/C19H18N4O/c20-17(24)14-10-11-23(12-14)19-15-8-4-5-9-16(15)21-18(22-19)13-6-2-1-3-7-13/h1-9,14H,10-12H2,(H2,20,24). The molecule has 0 aliphatic carbocycles. The van der Waals surface area contributed by atoms with E-state index in [4.69, 9.17) is 15.7 Å². The van der Waals surface area contributed by atoms with Crippen LogP contribution in [0.5, 0.6) is 0 Å². The zero-order valence-corrected chi connectivity index (χ0v) is 13.2. The molecule has 0 bridgehead atoms. The van der Waals surface area contributed by atoms with Crippen LogP contribution in [-0.2, 0) is 4.79 Å². The Morgan fingerprint density at radius 2 is 1.79 bits per heavy atom. The van der Waals surface area contributed by atoms with E-state index < -0.39 is 0 Å². The van der Waals surface area contributed by atoms with Gasteiger partial charge in [-0.15, -0.1) is 0 Å². The van der Waals surface area contributed by atoms with Gasteiger partial charge < -0.3 is 10.6 Å². The van der Waals surface area contributed by atoms with Gasteiger partial charge in [-0.2, -0.15) is 0 Å². The van der Waals surface area contributed by atoms with Crippen LogP contribution in [0.1, 0.15) is 6.42 Å². The van der Waals surface area contributed by atoms with Gasteiger partial charge in [-0.05, 0) is 18.6 Å². The minimum absolute atomic E-state index is 0.112. The predicted molar refractivity (Wildman–Crippen MR) is 94.5 cm³/mol. The average Bonchev–Trinajstić information content (AvgIpc) is 3.12. The molecule has 1 atom stereocenters. The number of primary amides is 1. The number of carbonyl (C=O) groups is 1. The van der Waals surface area contributed by atoms with Gasteiger partial charge >= 0.3 is 0 Å². The van der Waals surface area contributed by atoms with Gasteiger partial charge in [0.15, 0.2) is 5.82 Å². The molecule has 1 amide bonds. The normalized spacial score (nSPS) is 17.3. The lowest BCUT2D eigenvalue weighted by Crippen LogP contribution is -2.28. The molecule has 4 rings (SSSR count). The molecule has 1 aromatic heterocycles. The molecule has 5 heteroatoms. The Morgan fingerprint density at radius 3 is 2.54 bits per heavy atom. The molecule has 2 heterocycles. The minimum Gasteiger partial charge on any atom is -0.369 e. The van der Waals surface area contributed by atoms with E-state index in [2.05, 4.69) is 4.90 Å². The molecule has 1 fully saturated rings. The van der Waals surface area contributed by atoms with E-state index in [9.17, 15) is 4.79 Å². The molecular weight excluding hydrogens is 300 g/mol. The molecule has 24 heavy (non-hydrogen) atoms. The highest BCUT2D eigenvalue weighted by molar-refractivity contribution is 5.91. The Kier molecular flexibility index (Phi) is 3.61. The number of fused-ring (bicyclic) bond motifs is 1. The summed E-state index contributed by atoms with van der Waals surface area (Å²) in [6.45, 7) is 1.40. The van der Waals surface area contributed by atoms with Crippen molar-refractivity contribution < 1.29 is 4.79 Å². The average molecular weight is 318 g/mol. The first-order chi connectivity index (χ1) is 11.7. The van der Waals surface area contributed by atoms with Crippen molar-refractivity contribution in [1.82, 2.24) is 9.97 Å². The maximum Gasteiger partial charge on any atom is 0.222 e. The predicted octanol–water partition coefficient (Wildman–Crippen LogP) is 2.61. The molecule has 1 unspecified atom stereocenters. The SMILES string of the molecule is NC(=O)C1CCN(c2nc(-c3ccccc3)nc3ccccc23)C1. The molecule has 5 nitrogen and oxygen atoms in total. The summed E-state index contributed by atoms with van der Waals surface area (Å²) in [5, 5.41) is 1.00. The maximum atomic E-state index is 11.5. The van der Waals surface area contributed by atoms with Crippen molar-refractivity contribution in [2.75, 3.05) is 18.0 Å². The maximum absolute atomic E-state index is 11.5. The number of aromatic nitrogens is 2. The number of amides is 1. The van der Waals surface area contributed by atoms with E-state index in [1.165, 1.54) is 0 Å². The zero-order chi connectivity index (χ0) is 16.5. The van der Waals surface area contributed by atoms with Crippen molar-refractivity contribution in [3.63, 3.8) is 0 Å². The van der Waals surface area contributed by atoms with Gasteiger partial charge in [-0.25, -0.2) is 9.97 Å². The minimum atomic E-state index is -0.237. The summed E-state index contributed by atoms with van der Waals surface area (Å²) < 4.78 is 0. The molecule has 120 valence electrons. The molecular formula is C19H18N4O. The highest BCUT2D eigenvalue weighted by Gasteiger charge is 2.28. The van der Waals surface area contributed by atoms with Gasteiger partial charge in [0.1, 0.15) is 5.82 Å². The molecule has 1 aliphatic rings. The van der Waals surface area contributed by atoms with E-state index in [1.807, 2.05) is 54.6 Å². The summed E-state index contributed by atoms with van der Waals surface area (Å²) in [6, 6.07) is 17.9. The van der Waals surface area contributed by atoms with Crippen LogP contribution in [0.2, 0.25) is 0 Å². The molecule has 3 aromatic rings. The molecule has 1 saturated heterocycles. The fourth-order valence-electron chi connectivity index (χ4n) is 3.20. The van der Waals surface area contributed by atoms with Crippen LogP contribution in [0, 0.1) is 5.92 Å². The molecule has 0 radical (unpaired) electrons. The van der Waals surface area contributed by atoms with E-state index in [0.29, 0.717) is 12.4 Å². The fraction of sp³-hybridized carbons (Fsp3) is 0.211. The summed E-state index contributed by atoms with van der Waals surface area (Å²) in [5.74, 6) is 1.23. The number of benzene rings is 2. The van der Waals surface area contributed by atoms with E-state index >= 15 is 0 Å². The number of nitrogens with zero attached hydrogens (tertiary/aromatic N) is 3. The Hall–Kier alpha value is -2.95. The Balaban J connectivity index is 1.83. The third kappa shape index (κ3) is 2.58. The smallest absolute Gasteiger partial charge is 0.222 e. The lowest BCUT2D eigenvalue weighted by Gasteiger charge is -2.20. The second-order valence-electron chi connectivity index (χ2n) is 6.09. The summed E-state index contributed by atoms with van der Waals surface area (Å²) in [4.78, 5) is 23.1. The van der Waals surface area contributed by atoms with Crippen LogP contribution in [-0.4, -0.2) is 29.0 Å². The first-order valence-corrected chi connectivity index (χ1v) is 8.09. The zero-order valence-electron chi connectivity index (χ0n) is 13.2. The molecule has 1 aliphatic heterocycles. The van der Waals surface area contributed by atoms with Gasteiger partial charge in [-0.1, -0.05) is 42.5 Å². The van der Waals surface area contributed by atoms with Gasteiger partial charge in [0.25, 0.3) is 0 Å². The van der Waals surface area contributed by atoms with E-state index in [1.54, 1.807) is 0 Å². The van der Waals surface area contributed by atoms with E-state index in [0.717, 1.165) is 35.2 Å². The number of carbonyl (C=O) groups excluding carboxylic acids is 1. The van der Waals surface area contributed by atoms with Crippen LogP contribution >= 0.6 is 0 Å². The molecule has 2 N–H and O–H groups in total. The van der Waals surface area contributed by atoms with Crippen molar-refractivity contribution in [3.8, 4) is 11.4 Å². The lowest BCUT2D eigenvalue weighted by molar-refractivity contribution is -0.121. The van der Waals surface area contributed by atoms with E-state index in [-0.39, 0.29) is 11.8 Å². The third-order valence-corrected chi connectivity index (χ3v) is 4.51.